The summed E-state index contributed by atoms with van der Waals surface area (Å²) in [6.07, 6.45) is 3.41. The largest absolute Gasteiger partial charge is 0.481 e. The van der Waals surface area contributed by atoms with Gasteiger partial charge in [-0.15, -0.1) is 11.3 Å². The van der Waals surface area contributed by atoms with Crippen LogP contribution >= 0.6 is 11.3 Å². The second-order valence-electron chi connectivity index (χ2n) is 6.03. The molecule has 128 valence electrons. The molecule has 1 amide bonds. The Labute approximate surface area is 144 Å². The summed E-state index contributed by atoms with van der Waals surface area (Å²) in [5.74, 6) is 0.531. The van der Waals surface area contributed by atoms with Crippen molar-refractivity contribution in [2.45, 2.75) is 45.1 Å². The fraction of sp³-hybridized carbons (Fsp3) is 0.471. The Morgan fingerprint density at radius 3 is 2.96 bits per heavy atom. The lowest BCUT2D eigenvalue weighted by Gasteiger charge is -2.35. The van der Waals surface area contributed by atoms with Crippen LogP contribution in [0, 0.1) is 6.92 Å². The number of aliphatic carboxylic acids is 1. The highest BCUT2D eigenvalue weighted by molar-refractivity contribution is 7.13. The Kier molecular flexibility index (Phi) is 4.99. The van der Waals surface area contributed by atoms with E-state index in [0.717, 1.165) is 25.0 Å². The van der Waals surface area contributed by atoms with Crippen molar-refractivity contribution in [3.8, 4) is 10.8 Å². The molecule has 0 radical (unpaired) electrons. The van der Waals surface area contributed by atoms with E-state index in [1.54, 1.807) is 10.3 Å². The number of furan rings is 1. The van der Waals surface area contributed by atoms with Gasteiger partial charge in [-0.1, -0.05) is 0 Å². The smallest absolute Gasteiger partial charge is 0.303 e. The van der Waals surface area contributed by atoms with Crippen LogP contribution in [0.4, 0.5) is 0 Å². The first-order valence-electron chi connectivity index (χ1n) is 8.09. The van der Waals surface area contributed by atoms with Gasteiger partial charge in [-0.2, -0.15) is 0 Å². The molecule has 3 rings (SSSR count). The fourth-order valence-corrected chi connectivity index (χ4v) is 3.79. The molecule has 2 aromatic heterocycles. The molecule has 0 aromatic carbocycles. The number of piperidine rings is 1. The van der Waals surface area contributed by atoms with Crippen LogP contribution in [0.25, 0.3) is 10.8 Å². The van der Waals surface area contributed by atoms with Crippen molar-refractivity contribution in [2.75, 3.05) is 6.54 Å². The number of nitrogens with zero attached hydrogens (tertiary/aromatic N) is 2. The highest BCUT2D eigenvalue weighted by Gasteiger charge is 2.29. The van der Waals surface area contributed by atoms with E-state index in [4.69, 9.17) is 9.52 Å². The number of carbonyl (C=O) groups is 2. The highest BCUT2D eigenvalue weighted by Crippen LogP contribution is 2.28. The topological polar surface area (TPSA) is 83.6 Å². The normalized spacial score (nSPS) is 17.9. The van der Waals surface area contributed by atoms with Crippen molar-refractivity contribution in [1.82, 2.24) is 9.88 Å². The van der Waals surface area contributed by atoms with E-state index in [0.29, 0.717) is 29.4 Å². The molecule has 1 unspecified atom stereocenters. The van der Waals surface area contributed by atoms with Crippen molar-refractivity contribution >= 4 is 23.2 Å². The Balaban J connectivity index is 1.74. The van der Waals surface area contributed by atoms with E-state index in [1.165, 1.54) is 11.3 Å². The van der Waals surface area contributed by atoms with Crippen molar-refractivity contribution < 1.29 is 19.1 Å². The third kappa shape index (κ3) is 3.67. The Bertz CT molecular complexity index is 737. The van der Waals surface area contributed by atoms with Crippen LogP contribution in [-0.2, 0) is 4.79 Å². The number of likely N-dealkylation sites (tertiary alicyclic amines) is 1. The zero-order valence-corrected chi connectivity index (χ0v) is 14.3. The van der Waals surface area contributed by atoms with Crippen molar-refractivity contribution in [1.29, 1.82) is 0 Å². The number of amides is 1. The molecule has 1 atom stereocenters. The molecule has 1 aliphatic rings. The molecule has 1 saturated heterocycles. The summed E-state index contributed by atoms with van der Waals surface area (Å²) in [7, 11) is 0. The number of aryl methyl sites for hydroxylation is 1. The monoisotopic (exact) mass is 348 g/mol. The van der Waals surface area contributed by atoms with Crippen molar-refractivity contribution in [2.24, 2.45) is 0 Å². The quantitative estimate of drug-likeness (QED) is 0.893. The maximum absolute atomic E-state index is 12.8. The van der Waals surface area contributed by atoms with Crippen LogP contribution in [0.15, 0.2) is 21.9 Å². The van der Waals surface area contributed by atoms with Gasteiger partial charge in [0.05, 0.1) is 0 Å². The second kappa shape index (κ2) is 7.17. The van der Waals surface area contributed by atoms with Crippen molar-refractivity contribution in [3.63, 3.8) is 0 Å². The Morgan fingerprint density at radius 2 is 2.25 bits per heavy atom. The van der Waals surface area contributed by atoms with E-state index in [1.807, 2.05) is 19.1 Å². The summed E-state index contributed by atoms with van der Waals surface area (Å²) < 4.78 is 5.55. The molecule has 0 aliphatic carbocycles. The van der Waals surface area contributed by atoms with Gasteiger partial charge in [0.2, 0.25) is 0 Å². The number of hydrogen-bond donors (Lipinski definition) is 1. The molecule has 24 heavy (non-hydrogen) atoms. The molecular weight excluding hydrogens is 328 g/mol. The lowest BCUT2D eigenvalue weighted by atomic mass is 9.97. The molecule has 1 fully saturated rings. The van der Waals surface area contributed by atoms with Crippen LogP contribution in [0.3, 0.4) is 0 Å². The number of carboxylic acid groups (broad SMARTS) is 1. The number of rotatable bonds is 5. The van der Waals surface area contributed by atoms with Gasteiger partial charge in [0.1, 0.15) is 11.5 Å². The van der Waals surface area contributed by atoms with Crippen LogP contribution in [-0.4, -0.2) is 39.5 Å². The van der Waals surface area contributed by atoms with E-state index in [9.17, 15) is 9.59 Å². The molecule has 0 saturated carbocycles. The van der Waals surface area contributed by atoms with E-state index >= 15 is 0 Å². The zero-order chi connectivity index (χ0) is 17.1. The first-order chi connectivity index (χ1) is 11.5. The van der Waals surface area contributed by atoms with Gasteiger partial charge in [0.15, 0.2) is 10.8 Å². The lowest BCUT2D eigenvalue weighted by Crippen LogP contribution is -2.44. The van der Waals surface area contributed by atoms with Gasteiger partial charge in [0, 0.05) is 24.4 Å². The van der Waals surface area contributed by atoms with Gasteiger partial charge in [0.25, 0.3) is 5.91 Å². The number of carbonyl (C=O) groups excluding carboxylic acids is 1. The number of thiazole rings is 1. The molecule has 3 heterocycles. The molecule has 6 nitrogen and oxygen atoms in total. The third-order valence-electron chi connectivity index (χ3n) is 4.25. The molecule has 1 aliphatic heterocycles. The summed E-state index contributed by atoms with van der Waals surface area (Å²) in [5.41, 5.74) is 0.409. The molecular formula is C17H20N2O4S. The number of hydrogen-bond acceptors (Lipinski definition) is 5. The predicted molar refractivity (Wildman–Crippen MR) is 90.1 cm³/mol. The third-order valence-corrected chi connectivity index (χ3v) is 5.11. The minimum absolute atomic E-state index is 0.0154. The summed E-state index contributed by atoms with van der Waals surface area (Å²) in [6.45, 7) is 2.53. The zero-order valence-electron chi connectivity index (χ0n) is 13.5. The van der Waals surface area contributed by atoms with Crippen LogP contribution in [0.5, 0.6) is 0 Å². The molecule has 2 aromatic rings. The minimum atomic E-state index is -0.822. The van der Waals surface area contributed by atoms with Crippen molar-refractivity contribution in [3.05, 3.63) is 29.0 Å². The summed E-state index contributed by atoms with van der Waals surface area (Å²) in [4.78, 5) is 29.8. The summed E-state index contributed by atoms with van der Waals surface area (Å²) >= 11 is 1.38. The summed E-state index contributed by atoms with van der Waals surface area (Å²) in [6, 6.07) is 3.70. The average Bonchev–Trinajstić information content (AvgIpc) is 3.21. The Morgan fingerprint density at radius 1 is 1.42 bits per heavy atom. The summed E-state index contributed by atoms with van der Waals surface area (Å²) in [5, 5.41) is 11.3. The fourth-order valence-electron chi connectivity index (χ4n) is 3.04. The van der Waals surface area contributed by atoms with E-state index < -0.39 is 5.97 Å². The maximum atomic E-state index is 12.8. The Hall–Kier alpha value is -2.15. The van der Waals surface area contributed by atoms with Crippen LogP contribution in [0.2, 0.25) is 0 Å². The molecule has 7 heteroatoms. The molecule has 0 spiro atoms. The second-order valence-corrected chi connectivity index (χ2v) is 6.89. The molecule has 0 bridgehead atoms. The number of aromatic nitrogens is 1. The maximum Gasteiger partial charge on any atom is 0.303 e. The minimum Gasteiger partial charge on any atom is -0.481 e. The van der Waals surface area contributed by atoms with E-state index in [2.05, 4.69) is 4.98 Å². The van der Waals surface area contributed by atoms with Gasteiger partial charge < -0.3 is 14.4 Å². The molecule has 1 N–H and O–H groups in total. The standard InChI is InChI=1S/C17H20N2O4S/c1-11-5-7-14(23-11)16-18-13(10-24-16)17(22)19-9-3-2-4-12(19)6-8-15(20)21/h5,7,10,12H,2-4,6,8-9H2,1H3,(H,20,21). The van der Waals surface area contributed by atoms with Gasteiger partial charge in [-0.05, 0) is 44.7 Å². The first kappa shape index (κ1) is 16.7. The number of carboxylic acids is 1. The first-order valence-corrected chi connectivity index (χ1v) is 8.97. The average molecular weight is 348 g/mol. The van der Waals surface area contributed by atoms with Crippen LogP contribution < -0.4 is 0 Å². The van der Waals surface area contributed by atoms with Gasteiger partial charge in [-0.3, -0.25) is 9.59 Å². The van der Waals surface area contributed by atoms with E-state index in [-0.39, 0.29) is 18.4 Å². The van der Waals surface area contributed by atoms with Gasteiger partial charge >= 0.3 is 5.97 Å². The highest BCUT2D eigenvalue weighted by atomic mass is 32.1. The lowest BCUT2D eigenvalue weighted by molar-refractivity contribution is -0.137. The van der Waals surface area contributed by atoms with Crippen LogP contribution in [0.1, 0.15) is 48.4 Å². The predicted octanol–water partition coefficient (Wildman–Crippen LogP) is 3.57. The SMILES string of the molecule is Cc1ccc(-c2nc(C(=O)N3CCCCC3CCC(=O)O)cs2)o1. The van der Waals surface area contributed by atoms with Gasteiger partial charge in [-0.25, -0.2) is 4.98 Å².